The van der Waals surface area contributed by atoms with Gasteiger partial charge in [0.25, 0.3) is 0 Å². The molecule has 20 heavy (non-hydrogen) atoms. The number of piperidine rings is 2. The Labute approximate surface area is 120 Å². The molecular weight excluding hydrogens is 256 g/mol. The van der Waals surface area contributed by atoms with E-state index in [0.29, 0.717) is 38.5 Å². The van der Waals surface area contributed by atoms with E-state index in [1.165, 1.54) is 19.3 Å². The lowest BCUT2D eigenvalue weighted by Crippen LogP contribution is -2.48. The van der Waals surface area contributed by atoms with Crippen LogP contribution in [0.2, 0.25) is 0 Å². The van der Waals surface area contributed by atoms with Gasteiger partial charge in [0.15, 0.2) is 0 Å². The first-order valence-electron chi connectivity index (χ1n) is 7.86. The standard InChI is InChI=1S/C15H26N2O3/c1-2-13-5-3-4-8-17(13)11-14(18)16-9-6-12(7-10-16)15(19)20/h12-13H,2-11H2,1H3,(H,19,20). The highest BCUT2D eigenvalue weighted by molar-refractivity contribution is 5.79. The fourth-order valence-electron chi connectivity index (χ4n) is 3.38. The van der Waals surface area contributed by atoms with Gasteiger partial charge in [0.1, 0.15) is 0 Å². The normalized spacial score (nSPS) is 25.6. The fraction of sp³-hybridized carbons (Fsp3) is 0.867. The fourth-order valence-corrected chi connectivity index (χ4v) is 3.38. The third-order valence-corrected chi connectivity index (χ3v) is 4.76. The summed E-state index contributed by atoms with van der Waals surface area (Å²) in [5, 5.41) is 8.98. The predicted octanol–water partition coefficient (Wildman–Crippen LogP) is 1.57. The van der Waals surface area contributed by atoms with Crippen LogP contribution in [0.4, 0.5) is 0 Å². The number of likely N-dealkylation sites (tertiary alicyclic amines) is 2. The molecule has 0 saturated carbocycles. The average molecular weight is 282 g/mol. The Balaban J connectivity index is 1.81. The molecule has 114 valence electrons. The third-order valence-electron chi connectivity index (χ3n) is 4.76. The van der Waals surface area contributed by atoms with Crippen LogP contribution in [0.3, 0.4) is 0 Å². The predicted molar refractivity (Wildman–Crippen MR) is 76.4 cm³/mol. The quantitative estimate of drug-likeness (QED) is 0.850. The first kappa shape index (κ1) is 15.3. The molecule has 0 aliphatic carbocycles. The molecule has 1 atom stereocenters. The topological polar surface area (TPSA) is 60.9 Å². The van der Waals surface area contributed by atoms with Crippen molar-refractivity contribution in [3.63, 3.8) is 0 Å². The first-order valence-corrected chi connectivity index (χ1v) is 7.86. The molecule has 0 bridgehead atoms. The van der Waals surface area contributed by atoms with E-state index in [2.05, 4.69) is 11.8 Å². The largest absolute Gasteiger partial charge is 0.481 e. The molecule has 2 rings (SSSR count). The molecule has 5 heteroatoms. The lowest BCUT2D eigenvalue weighted by Gasteiger charge is -2.37. The molecular formula is C15H26N2O3. The molecule has 0 aromatic carbocycles. The van der Waals surface area contributed by atoms with Gasteiger partial charge in [-0.25, -0.2) is 0 Å². The van der Waals surface area contributed by atoms with Crippen molar-refractivity contribution in [3.05, 3.63) is 0 Å². The molecule has 0 aromatic heterocycles. The van der Waals surface area contributed by atoms with Gasteiger partial charge in [-0.3, -0.25) is 14.5 Å². The molecule has 5 nitrogen and oxygen atoms in total. The molecule has 2 heterocycles. The Morgan fingerprint density at radius 2 is 1.80 bits per heavy atom. The maximum Gasteiger partial charge on any atom is 0.306 e. The van der Waals surface area contributed by atoms with Crippen molar-refractivity contribution in [3.8, 4) is 0 Å². The van der Waals surface area contributed by atoms with Gasteiger partial charge in [-0.05, 0) is 38.6 Å². The summed E-state index contributed by atoms with van der Waals surface area (Å²) in [6.07, 6.45) is 5.95. The van der Waals surface area contributed by atoms with Gasteiger partial charge in [-0.15, -0.1) is 0 Å². The van der Waals surface area contributed by atoms with Crippen LogP contribution in [0.25, 0.3) is 0 Å². The molecule has 2 fully saturated rings. The maximum absolute atomic E-state index is 12.3. The Morgan fingerprint density at radius 3 is 2.40 bits per heavy atom. The summed E-state index contributed by atoms with van der Waals surface area (Å²) in [6.45, 7) is 4.92. The number of carboxylic acid groups (broad SMARTS) is 1. The van der Waals surface area contributed by atoms with Gasteiger partial charge in [-0.2, -0.15) is 0 Å². The zero-order chi connectivity index (χ0) is 14.5. The Morgan fingerprint density at radius 1 is 1.10 bits per heavy atom. The van der Waals surface area contributed by atoms with Gasteiger partial charge < -0.3 is 10.0 Å². The smallest absolute Gasteiger partial charge is 0.306 e. The van der Waals surface area contributed by atoms with Crippen LogP contribution in [0.5, 0.6) is 0 Å². The van der Waals surface area contributed by atoms with Gasteiger partial charge in [0.05, 0.1) is 12.5 Å². The molecule has 1 N–H and O–H groups in total. The summed E-state index contributed by atoms with van der Waals surface area (Å²) >= 11 is 0. The first-order chi connectivity index (χ1) is 9.61. The van der Waals surface area contributed by atoms with Crippen LogP contribution in [-0.2, 0) is 9.59 Å². The number of carboxylic acids is 1. The molecule has 2 aliphatic heterocycles. The minimum absolute atomic E-state index is 0.175. The highest BCUT2D eigenvalue weighted by atomic mass is 16.4. The second-order valence-corrected chi connectivity index (χ2v) is 6.02. The third kappa shape index (κ3) is 3.72. The summed E-state index contributed by atoms with van der Waals surface area (Å²) < 4.78 is 0. The number of aliphatic carboxylic acids is 1. The Kier molecular flexibility index (Phi) is 5.40. The van der Waals surface area contributed by atoms with Gasteiger partial charge >= 0.3 is 5.97 Å². The van der Waals surface area contributed by atoms with E-state index in [9.17, 15) is 9.59 Å². The van der Waals surface area contributed by atoms with E-state index in [4.69, 9.17) is 5.11 Å². The van der Waals surface area contributed by atoms with E-state index >= 15 is 0 Å². The molecule has 2 saturated heterocycles. The number of carbonyl (C=O) groups excluding carboxylic acids is 1. The zero-order valence-electron chi connectivity index (χ0n) is 12.4. The highest BCUT2D eigenvalue weighted by Crippen LogP contribution is 2.21. The second-order valence-electron chi connectivity index (χ2n) is 6.02. The molecule has 0 aromatic rings. The van der Waals surface area contributed by atoms with Crippen molar-refractivity contribution in [1.82, 2.24) is 9.80 Å². The Hall–Kier alpha value is -1.10. The van der Waals surface area contributed by atoms with Crippen molar-refractivity contribution >= 4 is 11.9 Å². The van der Waals surface area contributed by atoms with Crippen molar-refractivity contribution < 1.29 is 14.7 Å². The summed E-state index contributed by atoms with van der Waals surface area (Å²) in [6, 6.07) is 0.546. The summed E-state index contributed by atoms with van der Waals surface area (Å²) in [4.78, 5) is 27.4. The molecule has 2 aliphatic rings. The van der Waals surface area contributed by atoms with E-state index in [1.54, 1.807) is 0 Å². The monoisotopic (exact) mass is 282 g/mol. The van der Waals surface area contributed by atoms with E-state index < -0.39 is 5.97 Å². The minimum Gasteiger partial charge on any atom is -0.481 e. The van der Waals surface area contributed by atoms with E-state index in [0.717, 1.165) is 13.0 Å². The number of rotatable bonds is 4. The van der Waals surface area contributed by atoms with Crippen LogP contribution in [0.1, 0.15) is 45.4 Å². The van der Waals surface area contributed by atoms with Crippen LogP contribution in [-0.4, -0.2) is 59.0 Å². The number of hydrogen-bond acceptors (Lipinski definition) is 3. The molecule has 1 unspecified atom stereocenters. The van der Waals surface area contributed by atoms with Crippen molar-refractivity contribution in [2.45, 2.75) is 51.5 Å². The number of nitrogens with zero attached hydrogens (tertiary/aromatic N) is 2. The SMILES string of the molecule is CCC1CCCCN1CC(=O)N1CCC(C(=O)O)CC1. The van der Waals surface area contributed by atoms with Crippen LogP contribution >= 0.6 is 0 Å². The number of amides is 1. The molecule has 0 spiro atoms. The van der Waals surface area contributed by atoms with Gasteiger partial charge in [0, 0.05) is 19.1 Å². The number of hydrogen-bond donors (Lipinski definition) is 1. The van der Waals surface area contributed by atoms with Crippen molar-refractivity contribution in [1.29, 1.82) is 0 Å². The zero-order valence-corrected chi connectivity index (χ0v) is 12.4. The summed E-state index contributed by atoms with van der Waals surface area (Å²) in [5.74, 6) is -0.814. The van der Waals surface area contributed by atoms with Crippen molar-refractivity contribution in [2.24, 2.45) is 5.92 Å². The van der Waals surface area contributed by atoms with Gasteiger partial charge in [0.2, 0.25) is 5.91 Å². The minimum atomic E-state index is -0.723. The molecule has 0 radical (unpaired) electrons. The average Bonchev–Trinajstić information content (AvgIpc) is 2.48. The lowest BCUT2D eigenvalue weighted by atomic mass is 9.97. The highest BCUT2D eigenvalue weighted by Gasteiger charge is 2.29. The Bertz CT molecular complexity index is 351. The second kappa shape index (κ2) is 7.07. The van der Waals surface area contributed by atoms with Crippen LogP contribution in [0.15, 0.2) is 0 Å². The van der Waals surface area contributed by atoms with Crippen LogP contribution in [0, 0.1) is 5.92 Å². The summed E-state index contributed by atoms with van der Waals surface area (Å²) in [5.41, 5.74) is 0. The van der Waals surface area contributed by atoms with Crippen molar-refractivity contribution in [2.75, 3.05) is 26.2 Å². The van der Waals surface area contributed by atoms with Crippen LogP contribution < -0.4 is 0 Å². The number of carbonyl (C=O) groups is 2. The maximum atomic E-state index is 12.3. The van der Waals surface area contributed by atoms with Gasteiger partial charge in [-0.1, -0.05) is 13.3 Å². The molecule has 1 amide bonds. The van der Waals surface area contributed by atoms with E-state index in [1.807, 2.05) is 4.90 Å². The summed E-state index contributed by atoms with van der Waals surface area (Å²) in [7, 11) is 0. The van der Waals surface area contributed by atoms with E-state index in [-0.39, 0.29) is 11.8 Å². The lowest BCUT2D eigenvalue weighted by molar-refractivity contribution is -0.146.